The fourth-order valence-electron chi connectivity index (χ4n) is 2.83. The summed E-state index contributed by atoms with van der Waals surface area (Å²) in [6, 6.07) is 3.93. The highest BCUT2D eigenvalue weighted by molar-refractivity contribution is 7.71. The van der Waals surface area contributed by atoms with Gasteiger partial charge in [0.25, 0.3) is 0 Å². The summed E-state index contributed by atoms with van der Waals surface area (Å²) in [4.78, 5) is 6.60. The van der Waals surface area contributed by atoms with E-state index in [4.69, 9.17) is 17.3 Å². The van der Waals surface area contributed by atoms with Crippen LogP contribution in [0.25, 0.3) is 11.4 Å². The standard InChI is InChI=1S/C16H21N5S/c1-2-9-20-15(14-7-6-8-17-12-14)18-21(16(20)22)13-19-10-4-3-5-11-19/h2,6-8,12H,1,3-5,9-11,13H2. The second-order valence-electron chi connectivity index (χ2n) is 5.57. The highest BCUT2D eigenvalue weighted by atomic mass is 32.1. The third kappa shape index (κ3) is 3.18. The van der Waals surface area contributed by atoms with Crippen LogP contribution in [0.1, 0.15) is 19.3 Å². The minimum atomic E-state index is 0.656. The number of pyridine rings is 1. The third-order valence-corrected chi connectivity index (χ3v) is 4.37. The molecule has 5 nitrogen and oxygen atoms in total. The first-order chi connectivity index (χ1) is 10.8. The maximum absolute atomic E-state index is 5.62. The second-order valence-corrected chi connectivity index (χ2v) is 5.93. The number of piperidine rings is 1. The van der Waals surface area contributed by atoms with Crippen molar-refractivity contribution >= 4 is 12.2 Å². The number of rotatable bonds is 5. The molecular weight excluding hydrogens is 294 g/mol. The Hall–Kier alpha value is -1.79. The predicted octanol–water partition coefficient (Wildman–Crippen LogP) is 3.11. The fraction of sp³-hybridized carbons (Fsp3) is 0.438. The van der Waals surface area contributed by atoms with Crippen molar-refractivity contribution in [1.82, 2.24) is 24.2 Å². The molecule has 0 amide bonds. The summed E-state index contributed by atoms with van der Waals surface area (Å²) in [5, 5.41) is 4.74. The van der Waals surface area contributed by atoms with Crippen molar-refractivity contribution in [3.8, 4) is 11.4 Å². The van der Waals surface area contributed by atoms with E-state index in [-0.39, 0.29) is 0 Å². The van der Waals surface area contributed by atoms with Crippen LogP contribution < -0.4 is 0 Å². The molecule has 0 spiro atoms. The molecule has 3 rings (SSSR count). The molecule has 0 unspecified atom stereocenters. The minimum Gasteiger partial charge on any atom is -0.296 e. The average Bonchev–Trinajstić information content (AvgIpc) is 2.87. The van der Waals surface area contributed by atoms with Crippen molar-refractivity contribution < 1.29 is 0 Å². The van der Waals surface area contributed by atoms with Crippen molar-refractivity contribution in [2.75, 3.05) is 13.1 Å². The normalized spacial score (nSPS) is 15.8. The maximum atomic E-state index is 5.62. The van der Waals surface area contributed by atoms with Gasteiger partial charge in [0.2, 0.25) is 0 Å². The SMILES string of the molecule is C=CCn1c(-c2cccnc2)nn(CN2CCCCC2)c1=S. The average molecular weight is 315 g/mol. The number of allylic oxidation sites excluding steroid dienone is 1. The van der Waals surface area contributed by atoms with Gasteiger partial charge in [-0.3, -0.25) is 14.5 Å². The van der Waals surface area contributed by atoms with Gasteiger partial charge in [-0.05, 0) is 50.3 Å². The molecule has 1 saturated heterocycles. The molecule has 1 aliphatic heterocycles. The van der Waals surface area contributed by atoms with E-state index in [0.29, 0.717) is 6.54 Å². The van der Waals surface area contributed by atoms with Crippen molar-refractivity contribution in [3.05, 3.63) is 42.0 Å². The zero-order valence-electron chi connectivity index (χ0n) is 12.7. The molecule has 6 heteroatoms. The fourth-order valence-corrected chi connectivity index (χ4v) is 3.09. The Morgan fingerprint density at radius 3 is 2.77 bits per heavy atom. The van der Waals surface area contributed by atoms with Gasteiger partial charge in [-0.25, -0.2) is 4.68 Å². The first-order valence-electron chi connectivity index (χ1n) is 7.71. The van der Waals surface area contributed by atoms with Crippen LogP contribution in [0.4, 0.5) is 0 Å². The molecule has 0 atom stereocenters. The predicted molar refractivity (Wildman–Crippen MR) is 89.9 cm³/mol. The second kappa shape index (κ2) is 6.98. The largest absolute Gasteiger partial charge is 0.296 e. The number of likely N-dealkylation sites (tertiary alicyclic amines) is 1. The van der Waals surface area contributed by atoms with Crippen LogP contribution in [0.3, 0.4) is 0 Å². The van der Waals surface area contributed by atoms with Crippen molar-refractivity contribution in [1.29, 1.82) is 0 Å². The van der Waals surface area contributed by atoms with Gasteiger partial charge >= 0.3 is 0 Å². The minimum absolute atomic E-state index is 0.656. The third-order valence-electron chi connectivity index (χ3n) is 3.94. The van der Waals surface area contributed by atoms with E-state index < -0.39 is 0 Å². The lowest BCUT2D eigenvalue weighted by atomic mass is 10.1. The maximum Gasteiger partial charge on any atom is 0.199 e. The van der Waals surface area contributed by atoms with Gasteiger partial charge in [-0.15, -0.1) is 6.58 Å². The van der Waals surface area contributed by atoms with Crippen LogP contribution in [0, 0.1) is 4.77 Å². The van der Waals surface area contributed by atoms with E-state index in [2.05, 4.69) is 16.5 Å². The zero-order chi connectivity index (χ0) is 15.4. The van der Waals surface area contributed by atoms with Crippen LogP contribution in [-0.2, 0) is 13.2 Å². The number of aromatic nitrogens is 4. The summed E-state index contributed by atoms with van der Waals surface area (Å²) >= 11 is 5.62. The van der Waals surface area contributed by atoms with Crippen molar-refractivity contribution in [3.63, 3.8) is 0 Å². The lowest BCUT2D eigenvalue weighted by molar-refractivity contribution is 0.172. The Bertz CT molecular complexity index is 682. The molecule has 1 aliphatic rings. The smallest absolute Gasteiger partial charge is 0.199 e. The van der Waals surface area contributed by atoms with E-state index >= 15 is 0 Å². The van der Waals surface area contributed by atoms with Gasteiger partial charge in [-0.1, -0.05) is 12.5 Å². The van der Waals surface area contributed by atoms with Gasteiger partial charge < -0.3 is 0 Å². The van der Waals surface area contributed by atoms with E-state index in [0.717, 1.165) is 35.9 Å². The van der Waals surface area contributed by atoms with Crippen LogP contribution in [0.2, 0.25) is 0 Å². The summed E-state index contributed by atoms with van der Waals surface area (Å²) < 4.78 is 4.68. The summed E-state index contributed by atoms with van der Waals surface area (Å²) in [5.74, 6) is 0.856. The van der Waals surface area contributed by atoms with E-state index in [1.807, 2.05) is 33.7 Å². The summed E-state index contributed by atoms with van der Waals surface area (Å²) in [6.07, 6.45) is 9.28. The molecule has 0 radical (unpaired) electrons. The highest BCUT2D eigenvalue weighted by Gasteiger charge is 2.15. The molecule has 2 aromatic heterocycles. The molecule has 22 heavy (non-hydrogen) atoms. The Labute approximate surface area is 135 Å². The van der Waals surface area contributed by atoms with E-state index in [1.54, 1.807) is 6.20 Å². The van der Waals surface area contributed by atoms with Crippen molar-refractivity contribution in [2.45, 2.75) is 32.5 Å². The lowest BCUT2D eigenvalue weighted by Gasteiger charge is -2.25. The van der Waals surface area contributed by atoms with E-state index in [1.165, 1.54) is 19.3 Å². The van der Waals surface area contributed by atoms with Gasteiger partial charge in [0, 0.05) is 24.5 Å². The van der Waals surface area contributed by atoms with Gasteiger partial charge in [0.05, 0.1) is 6.67 Å². The van der Waals surface area contributed by atoms with Crippen molar-refractivity contribution in [2.24, 2.45) is 0 Å². The Morgan fingerprint density at radius 1 is 1.27 bits per heavy atom. The Balaban J connectivity index is 1.94. The molecule has 0 saturated carbocycles. The number of nitrogens with zero attached hydrogens (tertiary/aromatic N) is 5. The molecular formula is C16H21N5S. The molecule has 1 fully saturated rings. The zero-order valence-corrected chi connectivity index (χ0v) is 13.5. The lowest BCUT2D eigenvalue weighted by Crippen LogP contribution is -2.32. The molecule has 0 aliphatic carbocycles. The quantitative estimate of drug-likeness (QED) is 0.628. The topological polar surface area (TPSA) is 38.9 Å². The Morgan fingerprint density at radius 2 is 2.09 bits per heavy atom. The first kappa shape index (κ1) is 15.1. The van der Waals surface area contributed by atoms with E-state index in [9.17, 15) is 0 Å². The summed E-state index contributed by atoms with van der Waals surface area (Å²) in [7, 11) is 0. The van der Waals surface area contributed by atoms with Gasteiger partial charge in [-0.2, -0.15) is 5.10 Å². The molecule has 0 N–H and O–H groups in total. The van der Waals surface area contributed by atoms with Crippen LogP contribution in [0.15, 0.2) is 37.2 Å². The monoisotopic (exact) mass is 315 g/mol. The van der Waals surface area contributed by atoms with Crippen LogP contribution in [0.5, 0.6) is 0 Å². The number of hydrogen-bond donors (Lipinski definition) is 0. The van der Waals surface area contributed by atoms with Gasteiger partial charge in [0.1, 0.15) is 0 Å². The molecule has 2 aromatic rings. The first-order valence-corrected chi connectivity index (χ1v) is 8.11. The molecule has 0 aromatic carbocycles. The molecule has 3 heterocycles. The molecule has 116 valence electrons. The summed E-state index contributed by atoms with van der Waals surface area (Å²) in [5.41, 5.74) is 0.979. The van der Waals surface area contributed by atoms with Crippen LogP contribution in [-0.4, -0.2) is 37.3 Å². The van der Waals surface area contributed by atoms with Gasteiger partial charge in [0.15, 0.2) is 10.6 Å². The highest BCUT2D eigenvalue weighted by Crippen LogP contribution is 2.18. The number of hydrogen-bond acceptors (Lipinski definition) is 4. The Kier molecular flexibility index (Phi) is 4.80. The molecule has 0 bridgehead atoms. The van der Waals surface area contributed by atoms with Crippen LogP contribution >= 0.6 is 12.2 Å². The summed E-state index contributed by atoms with van der Waals surface area (Å²) in [6.45, 7) is 7.49.